The molecule has 12 aromatic rings. The minimum Gasteiger partial charge on any atom is -0.456 e. The largest absolute Gasteiger partial charge is 0.456 e. The molecule has 0 saturated carbocycles. The first kappa shape index (κ1) is 34.9. The number of anilines is 3. The second-order valence-electron chi connectivity index (χ2n) is 15.7. The van der Waals surface area contributed by atoms with Crippen LogP contribution in [0.15, 0.2) is 233 Å². The molecule has 286 valence electrons. The predicted octanol–water partition coefficient (Wildman–Crippen LogP) is 16.8. The van der Waals surface area contributed by atoms with Crippen molar-refractivity contribution < 1.29 is 8.83 Å². The maximum absolute atomic E-state index is 6.48. The van der Waals surface area contributed by atoms with E-state index in [1.165, 1.54) is 44.0 Å². The van der Waals surface area contributed by atoms with Crippen molar-refractivity contribution in [1.29, 1.82) is 0 Å². The Morgan fingerprint density at radius 3 is 1.52 bits per heavy atom. The molecule has 0 fully saturated rings. The molecule has 2 heterocycles. The van der Waals surface area contributed by atoms with Crippen LogP contribution in [0.1, 0.15) is 0 Å². The van der Waals surface area contributed by atoms with Gasteiger partial charge in [-0.3, -0.25) is 0 Å². The molecule has 0 aliphatic rings. The quantitative estimate of drug-likeness (QED) is 0.161. The lowest BCUT2D eigenvalue weighted by Gasteiger charge is -2.26. The highest BCUT2D eigenvalue weighted by molar-refractivity contribution is 6.19. The Hall–Kier alpha value is -8.14. The summed E-state index contributed by atoms with van der Waals surface area (Å²) in [6.45, 7) is 0. The van der Waals surface area contributed by atoms with Crippen LogP contribution in [0.25, 0.3) is 99.2 Å². The van der Waals surface area contributed by atoms with Crippen molar-refractivity contribution in [3.8, 4) is 44.5 Å². The maximum atomic E-state index is 6.48. The van der Waals surface area contributed by atoms with Gasteiger partial charge in [0.1, 0.15) is 22.3 Å². The minimum absolute atomic E-state index is 0.898. The summed E-state index contributed by atoms with van der Waals surface area (Å²) >= 11 is 0. The number of benzene rings is 10. The van der Waals surface area contributed by atoms with Gasteiger partial charge in [0, 0.05) is 44.2 Å². The molecule has 0 bridgehead atoms. The topological polar surface area (TPSA) is 29.5 Å². The van der Waals surface area contributed by atoms with Crippen molar-refractivity contribution in [2.45, 2.75) is 0 Å². The van der Waals surface area contributed by atoms with Gasteiger partial charge in [-0.25, -0.2) is 0 Å². The molecule has 61 heavy (non-hydrogen) atoms. The van der Waals surface area contributed by atoms with Gasteiger partial charge in [-0.15, -0.1) is 0 Å². The van der Waals surface area contributed by atoms with Gasteiger partial charge in [-0.05, 0) is 110 Å². The van der Waals surface area contributed by atoms with E-state index in [2.05, 4.69) is 205 Å². The van der Waals surface area contributed by atoms with Crippen LogP contribution >= 0.6 is 0 Å². The number of para-hydroxylation sites is 3. The van der Waals surface area contributed by atoms with E-state index in [-0.39, 0.29) is 0 Å². The van der Waals surface area contributed by atoms with Crippen LogP contribution < -0.4 is 4.90 Å². The Morgan fingerprint density at radius 1 is 0.279 bits per heavy atom. The van der Waals surface area contributed by atoms with Crippen LogP contribution in [0.3, 0.4) is 0 Å². The molecule has 2 aromatic heterocycles. The van der Waals surface area contributed by atoms with Crippen LogP contribution in [0.4, 0.5) is 17.1 Å². The summed E-state index contributed by atoms with van der Waals surface area (Å²) in [5.41, 5.74) is 16.1. The van der Waals surface area contributed by atoms with E-state index in [0.717, 1.165) is 72.2 Å². The van der Waals surface area contributed by atoms with Crippen LogP contribution in [0, 0.1) is 0 Å². The Balaban J connectivity index is 0.899. The van der Waals surface area contributed by atoms with Gasteiger partial charge in [-0.1, -0.05) is 164 Å². The summed E-state index contributed by atoms with van der Waals surface area (Å²) in [7, 11) is 0. The zero-order chi connectivity index (χ0) is 40.3. The Bertz CT molecular complexity index is 3560. The Labute approximate surface area is 353 Å². The van der Waals surface area contributed by atoms with Crippen LogP contribution in [-0.2, 0) is 0 Å². The van der Waals surface area contributed by atoms with E-state index in [0.29, 0.717) is 0 Å². The minimum atomic E-state index is 0.898. The predicted molar refractivity (Wildman–Crippen MR) is 255 cm³/mol. The standard InChI is InChI=1S/C58H37NO2/c1-2-10-38(11-3-1)40-26-31-46(32-27-40)59(48-13-8-12-45(36-48)49-16-9-17-51-50-14-4-6-18-54(50)61-58(49)51)47-33-28-41(29-34-47)39-20-22-42(23-21-39)44-25-24-43-30-35-56-57(53(43)37-44)52-15-5-7-19-55(52)60-56/h1-37H. The summed E-state index contributed by atoms with van der Waals surface area (Å²) < 4.78 is 12.7. The smallest absolute Gasteiger partial charge is 0.143 e. The van der Waals surface area contributed by atoms with Crippen LogP contribution in [0.5, 0.6) is 0 Å². The van der Waals surface area contributed by atoms with Crippen LogP contribution in [-0.4, -0.2) is 0 Å². The molecule has 12 rings (SSSR count). The first-order valence-corrected chi connectivity index (χ1v) is 20.7. The molecule has 0 radical (unpaired) electrons. The van der Waals surface area contributed by atoms with E-state index < -0.39 is 0 Å². The monoisotopic (exact) mass is 779 g/mol. The molecule has 0 aliphatic heterocycles. The number of furan rings is 2. The number of hydrogen-bond acceptors (Lipinski definition) is 3. The first-order chi connectivity index (χ1) is 30.2. The third kappa shape index (κ3) is 6.06. The fourth-order valence-electron chi connectivity index (χ4n) is 9.05. The zero-order valence-corrected chi connectivity index (χ0v) is 33.1. The van der Waals surface area contributed by atoms with E-state index in [1.807, 2.05) is 24.3 Å². The lowest BCUT2D eigenvalue weighted by molar-refractivity contribution is 0.669. The number of rotatable bonds is 7. The molecule has 0 unspecified atom stereocenters. The number of fused-ring (bicyclic) bond motifs is 8. The summed E-state index contributed by atoms with van der Waals surface area (Å²) in [5, 5.41) is 6.98. The fraction of sp³-hybridized carbons (Fsp3) is 0. The first-order valence-electron chi connectivity index (χ1n) is 20.7. The Kier molecular flexibility index (Phi) is 8.17. The lowest BCUT2D eigenvalue weighted by Crippen LogP contribution is -2.10. The van der Waals surface area contributed by atoms with Gasteiger partial charge in [0.25, 0.3) is 0 Å². The van der Waals surface area contributed by atoms with Crippen molar-refractivity contribution in [3.63, 3.8) is 0 Å². The molecular formula is C58H37NO2. The normalized spacial score (nSPS) is 11.6. The third-order valence-electron chi connectivity index (χ3n) is 12.1. The van der Waals surface area contributed by atoms with Crippen molar-refractivity contribution >= 4 is 71.7 Å². The van der Waals surface area contributed by atoms with Crippen molar-refractivity contribution in [2.24, 2.45) is 0 Å². The highest BCUT2D eigenvalue weighted by Crippen LogP contribution is 2.42. The summed E-state index contributed by atoms with van der Waals surface area (Å²) in [6.07, 6.45) is 0. The highest BCUT2D eigenvalue weighted by atomic mass is 16.3. The molecule has 0 spiro atoms. The number of nitrogens with zero attached hydrogens (tertiary/aromatic N) is 1. The molecule has 0 N–H and O–H groups in total. The zero-order valence-electron chi connectivity index (χ0n) is 33.1. The third-order valence-corrected chi connectivity index (χ3v) is 12.1. The van der Waals surface area contributed by atoms with Crippen molar-refractivity contribution in [3.05, 3.63) is 224 Å². The van der Waals surface area contributed by atoms with Crippen LogP contribution in [0.2, 0.25) is 0 Å². The average Bonchev–Trinajstić information content (AvgIpc) is 3.92. The SMILES string of the molecule is c1ccc(-c2ccc(N(c3ccc(-c4ccc(-c5ccc6ccc7oc8ccccc8c7c6c5)cc4)cc3)c3cccc(-c4cccc5c4oc4ccccc45)c3)cc2)cc1. The molecule has 0 amide bonds. The van der Waals surface area contributed by atoms with Crippen molar-refractivity contribution in [2.75, 3.05) is 4.90 Å². The highest BCUT2D eigenvalue weighted by Gasteiger charge is 2.17. The van der Waals surface area contributed by atoms with E-state index >= 15 is 0 Å². The van der Waals surface area contributed by atoms with Gasteiger partial charge < -0.3 is 13.7 Å². The average molecular weight is 780 g/mol. The molecule has 0 atom stereocenters. The van der Waals surface area contributed by atoms with Gasteiger partial charge in [0.05, 0.1) is 0 Å². The van der Waals surface area contributed by atoms with Gasteiger partial charge >= 0.3 is 0 Å². The van der Waals surface area contributed by atoms with Gasteiger partial charge in [0.15, 0.2) is 0 Å². The van der Waals surface area contributed by atoms with E-state index in [9.17, 15) is 0 Å². The molecule has 3 nitrogen and oxygen atoms in total. The molecular weight excluding hydrogens is 743 g/mol. The summed E-state index contributed by atoms with van der Waals surface area (Å²) in [5.74, 6) is 0. The fourth-order valence-corrected chi connectivity index (χ4v) is 9.05. The molecule has 0 saturated heterocycles. The number of hydrogen-bond donors (Lipinski definition) is 0. The second kappa shape index (κ2) is 14.3. The molecule has 3 heteroatoms. The summed E-state index contributed by atoms with van der Waals surface area (Å²) in [6, 6.07) is 79.9. The van der Waals surface area contributed by atoms with Gasteiger partial charge in [0.2, 0.25) is 0 Å². The summed E-state index contributed by atoms with van der Waals surface area (Å²) in [4.78, 5) is 2.34. The molecule has 0 aliphatic carbocycles. The van der Waals surface area contributed by atoms with E-state index in [4.69, 9.17) is 8.83 Å². The maximum Gasteiger partial charge on any atom is 0.143 e. The molecule has 10 aromatic carbocycles. The van der Waals surface area contributed by atoms with Gasteiger partial charge in [-0.2, -0.15) is 0 Å². The van der Waals surface area contributed by atoms with Crippen molar-refractivity contribution in [1.82, 2.24) is 0 Å². The Morgan fingerprint density at radius 2 is 0.803 bits per heavy atom. The van der Waals surface area contributed by atoms with E-state index in [1.54, 1.807) is 0 Å². The lowest BCUT2D eigenvalue weighted by atomic mass is 9.96. The second-order valence-corrected chi connectivity index (χ2v) is 15.7.